The zero-order valence-electron chi connectivity index (χ0n) is 42.4. The first-order valence-corrected chi connectivity index (χ1v) is 26.8. The molecule has 6 heterocycles. The van der Waals surface area contributed by atoms with Crippen LogP contribution in [0.3, 0.4) is 0 Å². The average molecular weight is 1060 g/mol. The van der Waals surface area contributed by atoms with Gasteiger partial charge in [-0.2, -0.15) is 0 Å². The van der Waals surface area contributed by atoms with Crippen LogP contribution in [0.5, 0.6) is 5.75 Å². The van der Waals surface area contributed by atoms with Gasteiger partial charge in [0, 0.05) is 64.3 Å². The molecule has 1 saturated carbocycles. The van der Waals surface area contributed by atoms with Crippen molar-refractivity contribution in [3.05, 3.63) is 134 Å². The van der Waals surface area contributed by atoms with Crippen molar-refractivity contribution in [2.45, 2.75) is 123 Å². The van der Waals surface area contributed by atoms with Gasteiger partial charge in [-0.05, 0) is 87.1 Å². The van der Waals surface area contributed by atoms with Gasteiger partial charge < -0.3 is 35.1 Å². The second kappa shape index (κ2) is 20.2. The summed E-state index contributed by atoms with van der Waals surface area (Å²) in [5.74, 6) is 0.238. The van der Waals surface area contributed by atoms with Crippen molar-refractivity contribution in [2.24, 2.45) is 10.4 Å². The Hall–Kier alpha value is -6.73. The predicted octanol–water partition coefficient (Wildman–Crippen LogP) is 9.08. The summed E-state index contributed by atoms with van der Waals surface area (Å²) >= 11 is 9.51. The number of nitrogens with one attached hydrogen (secondary N) is 3. The van der Waals surface area contributed by atoms with Crippen molar-refractivity contribution in [1.29, 1.82) is 0 Å². The van der Waals surface area contributed by atoms with Gasteiger partial charge in [-0.3, -0.25) is 28.7 Å². The number of benzene rings is 3. The Labute approximate surface area is 441 Å². The van der Waals surface area contributed by atoms with Gasteiger partial charge in [-0.25, -0.2) is 4.98 Å². The number of amides is 4. The Balaban J connectivity index is 0.754. The molecule has 0 radical (unpaired) electrons. The number of aromatic nitrogens is 4. The highest BCUT2D eigenvalue weighted by molar-refractivity contribution is 7.15. The number of halogens is 1. The number of aliphatic hydroxyl groups excluding tert-OH is 1. The summed E-state index contributed by atoms with van der Waals surface area (Å²) in [6, 6.07) is 19.4. The molecule has 4 amide bonds. The Morgan fingerprint density at radius 2 is 1.66 bits per heavy atom. The number of likely N-dealkylation sites (tertiary alicyclic amines) is 1. The zero-order chi connectivity index (χ0) is 52.3. The molecule has 19 heteroatoms. The van der Waals surface area contributed by atoms with Crippen LogP contribution in [0.4, 0.5) is 0 Å². The third-order valence-corrected chi connectivity index (χ3v) is 16.7. The molecule has 16 nitrogen and oxygen atoms in total. The average Bonchev–Trinajstić information content (AvgIpc) is 4.19. The number of carbonyl (C=O) groups is 4. The van der Waals surface area contributed by atoms with Crippen molar-refractivity contribution in [1.82, 2.24) is 40.6 Å². The zero-order valence-corrected chi connectivity index (χ0v) is 44.7. The summed E-state index contributed by atoms with van der Waals surface area (Å²) in [5.41, 5.74) is 8.13. The number of hydrogen-bond donors (Lipinski definition) is 4. The monoisotopic (exact) mass is 1060 g/mol. The highest BCUT2D eigenvalue weighted by Gasteiger charge is 2.45. The first-order valence-electron chi connectivity index (χ1n) is 24.8. The number of carbonyl (C=O) groups excluding carboxylic acids is 4. The summed E-state index contributed by atoms with van der Waals surface area (Å²) in [6.07, 6.45) is 0.228. The van der Waals surface area contributed by atoms with E-state index >= 15 is 0 Å². The maximum absolute atomic E-state index is 14.4. The molecule has 1 saturated heterocycles. The van der Waals surface area contributed by atoms with Gasteiger partial charge in [-0.15, -0.1) is 32.9 Å². The van der Waals surface area contributed by atoms with Crippen molar-refractivity contribution < 1.29 is 33.4 Å². The molecule has 2 aliphatic heterocycles. The molecule has 1 unspecified atom stereocenters. The number of nitrogens with zero attached hydrogens (tertiary/aromatic N) is 6. The molecule has 4 N–H and O–H groups in total. The van der Waals surface area contributed by atoms with Gasteiger partial charge in [0.2, 0.25) is 17.7 Å². The lowest BCUT2D eigenvalue weighted by molar-refractivity contribution is -0.142. The topological polar surface area (TPSA) is 206 Å². The minimum atomic E-state index is -1.06. The number of aliphatic imine (C=N–C) groups is 1. The molecular weight excluding hydrogens is 998 g/mol. The lowest BCUT2D eigenvalue weighted by Gasteiger charge is -2.36. The van der Waals surface area contributed by atoms with Crippen molar-refractivity contribution >= 4 is 74.6 Å². The molecule has 1 aliphatic carbocycles. The molecule has 2 fully saturated rings. The first-order chi connectivity index (χ1) is 35.3. The normalized spacial score (nSPS) is 20.2. The number of rotatable bonds is 13. The van der Waals surface area contributed by atoms with E-state index in [1.807, 2.05) is 100 Å². The van der Waals surface area contributed by atoms with Gasteiger partial charge in [-0.1, -0.05) is 68.8 Å². The van der Waals surface area contributed by atoms with Crippen LogP contribution in [0.15, 0.2) is 87.7 Å². The predicted molar refractivity (Wildman–Crippen MR) is 285 cm³/mol. The third-order valence-electron chi connectivity index (χ3n) is 14.2. The standard InChI is InChI=1S/C55H58ClN9O7S2/c1-27-30(4)74-54-46(27)47(33-13-16-36(56)17-14-33)60-41(50-63-62-31(5)65(50)54)24-45(67)59-37-20-40(21-37)71-39-18-15-35-19-44(72-43(35)23-39)52(69)61-49(55(6,7)8)53(70)64-25-38(66)22-42(64)51(68)58-28(2)32-9-11-34(12-10-32)48-29(3)57-26-73-48/h9-19,23,26,28,37-38,40-42,49,66H,20-22,24-25H2,1-8H3,(H,58,68)(H,59,67)(H,61,69)/t28-,37-,38+,40-,41-,42-,49?/m0/s1. The van der Waals surface area contributed by atoms with E-state index in [0.29, 0.717) is 40.4 Å². The largest absolute Gasteiger partial charge is 0.490 e. The molecule has 0 bridgehead atoms. The number of ether oxygens (including phenoxy) is 1. The van der Waals surface area contributed by atoms with Crippen LogP contribution in [0.25, 0.3) is 26.4 Å². The molecule has 3 aromatic carbocycles. The summed E-state index contributed by atoms with van der Waals surface area (Å²) < 4.78 is 14.4. The molecule has 4 aromatic heterocycles. The fraction of sp³-hybridized carbons (Fsp3) is 0.382. The second-order valence-electron chi connectivity index (χ2n) is 20.7. The van der Waals surface area contributed by atoms with E-state index in [2.05, 4.69) is 45.0 Å². The summed E-state index contributed by atoms with van der Waals surface area (Å²) in [5, 5.41) is 31.1. The highest BCUT2D eigenvalue weighted by Crippen LogP contribution is 2.40. The van der Waals surface area contributed by atoms with E-state index in [4.69, 9.17) is 25.7 Å². The Morgan fingerprint density at radius 3 is 2.36 bits per heavy atom. The lowest BCUT2D eigenvalue weighted by atomic mass is 9.85. The summed E-state index contributed by atoms with van der Waals surface area (Å²) in [4.78, 5) is 69.0. The summed E-state index contributed by atoms with van der Waals surface area (Å²) in [7, 11) is 0. The van der Waals surface area contributed by atoms with Gasteiger partial charge in [0.15, 0.2) is 11.6 Å². The fourth-order valence-electron chi connectivity index (χ4n) is 9.98. The molecular formula is C55H58ClN9O7S2. The number of aliphatic hydroxyl groups is 1. The molecule has 10 rings (SSSR count). The van der Waals surface area contributed by atoms with Crippen LogP contribution in [-0.4, -0.2) is 96.0 Å². The third kappa shape index (κ3) is 10.1. The Bertz CT molecular complexity index is 3330. The van der Waals surface area contributed by atoms with Gasteiger partial charge >= 0.3 is 0 Å². The van der Waals surface area contributed by atoms with E-state index in [1.165, 1.54) is 4.90 Å². The van der Waals surface area contributed by atoms with Crippen LogP contribution >= 0.6 is 34.3 Å². The van der Waals surface area contributed by atoms with Gasteiger partial charge in [0.25, 0.3) is 5.91 Å². The number of β-amino-alcohol motifs (C(OH)–C–C–N with tert-alkyl or cyclic N) is 1. The lowest BCUT2D eigenvalue weighted by Crippen LogP contribution is -2.57. The van der Waals surface area contributed by atoms with E-state index in [1.54, 1.807) is 46.9 Å². The number of thiophene rings is 1. The smallest absolute Gasteiger partial charge is 0.287 e. The van der Waals surface area contributed by atoms with E-state index in [9.17, 15) is 24.3 Å². The quantitative estimate of drug-likeness (QED) is 0.0862. The molecule has 5 atom stereocenters. The molecule has 74 heavy (non-hydrogen) atoms. The van der Waals surface area contributed by atoms with Crippen LogP contribution < -0.4 is 20.7 Å². The maximum atomic E-state index is 14.4. The number of aryl methyl sites for hydroxylation is 3. The van der Waals surface area contributed by atoms with Crippen LogP contribution in [0.1, 0.15) is 120 Å². The van der Waals surface area contributed by atoms with E-state index < -0.39 is 47.4 Å². The number of furan rings is 1. The number of thiazole rings is 1. The van der Waals surface area contributed by atoms with E-state index in [0.717, 1.165) is 59.8 Å². The molecule has 0 spiro atoms. The van der Waals surface area contributed by atoms with Crippen LogP contribution in [0.2, 0.25) is 5.02 Å². The highest BCUT2D eigenvalue weighted by atomic mass is 35.5. The molecule has 384 valence electrons. The van der Waals surface area contributed by atoms with Gasteiger partial charge in [0.05, 0.1) is 40.4 Å². The van der Waals surface area contributed by atoms with Crippen molar-refractivity contribution in [3.63, 3.8) is 0 Å². The SMILES string of the molecule is Cc1ncsc1-c1ccc([C@H](C)NC(=O)[C@@H]2C[C@@H](O)CN2C(=O)C(NC(=O)c2cc3ccc(O[C@H]4C[C@H](NC(=O)C[C@@H]5N=C(c6ccc(Cl)cc6)c6c(sc(C)c6C)-n6c(C)nnc65)C4)cc3o2)C(C)(C)C)cc1. The Morgan fingerprint density at radius 1 is 0.932 bits per heavy atom. The molecule has 7 aromatic rings. The molecule has 3 aliphatic rings. The Kier molecular flexibility index (Phi) is 13.9. The number of hydrogen-bond acceptors (Lipinski definition) is 13. The minimum absolute atomic E-state index is 0.000667. The minimum Gasteiger partial charge on any atom is -0.490 e. The number of fused-ring (bicyclic) bond motifs is 4. The van der Waals surface area contributed by atoms with Crippen LogP contribution in [-0.2, 0) is 14.4 Å². The second-order valence-corrected chi connectivity index (χ2v) is 23.2. The fourth-order valence-corrected chi connectivity index (χ4v) is 12.1. The van der Waals surface area contributed by atoms with Gasteiger partial charge in [0.1, 0.15) is 46.4 Å². The first kappa shape index (κ1) is 50.8. The van der Waals surface area contributed by atoms with Crippen molar-refractivity contribution in [2.75, 3.05) is 6.54 Å². The maximum Gasteiger partial charge on any atom is 0.287 e. The van der Waals surface area contributed by atoms with E-state index in [-0.39, 0.29) is 49.2 Å². The summed E-state index contributed by atoms with van der Waals surface area (Å²) in [6.45, 7) is 15.4. The van der Waals surface area contributed by atoms with Crippen molar-refractivity contribution in [3.8, 4) is 21.2 Å². The van der Waals surface area contributed by atoms with Crippen LogP contribution in [0, 0.1) is 33.1 Å².